The van der Waals surface area contributed by atoms with Crippen LogP contribution >= 0.6 is 46.3 Å². The smallest absolute Gasteiger partial charge is 0.180 e. The van der Waals surface area contributed by atoms with E-state index in [0.29, 0.717) is 0 Å². The lowest BCUT2D eigenvalue weighted by Crippen LogP contribution is -2.20. The van der Waals surface area contributed by atoms with E-state index < -0.39 is 5.52 Å². The van der Waals surface area contributed by atoms with Crippen molar-refractivity contribution in [3.05, 3.63) is 0 Å². The maximum atomic E-state index is 4.27. The third-order valence-electron chi connectivity index (χ3n) is 1.35. The molecule has 0 amide bonds. The first-order valence-corrected chi connectivity index (χ1v) is 11.7. The van der Waals surface area contributed by atoms with E-state index in [1.165, 1.54) is 6.04 Å². The van der Waals surface area contributed by atoms with Gasteiger partial charge in [-0.1, -0.05) is 0 Å². The molecule has 0 saturated carbocycles. The Kier molecular flexibility index (Phi) is 7.17. The highest BCUT2D eigenvalue weighted by atomic mass is 32.8. The predicted octanol–water partition coefficient (Wildman–Crippen LogP) is 2.94. The first-order valence-electron chi connectivity index (χ1n) is 3.01. The van der Waals surface area contributed by atoms with Crippen LogP contribution in [0.4, 0.5) is 0 Å². The van der Waals surface area contributed by atoms with Gasteiger partial charge in [0.1, 0.15) is 0 Å². The molecule has 0 unspecified atom stereocenters. The van der Waals surface area contributed by atoms with Crippen molar-refractivity contribution < 1.29 is 0 Å². The molecule has 0 aliphatic heterocycles. The Morgan fingerprint density at radius 3 is 1.60 bits per heavy atom. The molecule has 0 spiro atoms. The van der Waals surface area contributed by atoms with Crippen molar-refractivity contribution in [2.75, 3.05) is 24.5 Å². The largest absolute Gasteiger partial charge is 0.237 e. The zero-order chi connectivity index (χ0) is 8.04. The Labute approximate surface area is 82.0 Å². The predicted molar refractivity (Wildman–Crippen MR) is 65.0 cm³/mol. The SMILES string of the molecule is CS[Si](CCS)(SC)SC. The van der Waals surface area contributed by atoms with Crippen LogP contribution < -0.4 is 0 Å². The fourth-order valence-electron chi connectivity index (χ4n) is 0.693. The summed E-state index contributed by atoms with van der Waals surface area (Å²) in [4.78, 5) is 0. The molecule has 0 fully saturated rings. The third-order valence-corrected chi connectivity index (χ3v) is 21.2. The van der Waals surface area contributed by atoms with Gasteiger partial charge >= 0.3 is 0 Å². The Morgan fingerprint density at radius 2 is 1.50 bits per heavy atom. The van der Waals surface area contributed by atoms with Crippen molar-refractivity contribution in [1.29, 1.82) is 0 Å². The van der Waals surface area contributed by atoms with Crippen LogP contribution in [0.5, 0.6) is 0 Å². The summed E-state index contributed by atoms with van der Waals surface area (Å²) < 4.78 is 0. The van der Waals surface area contributed by atoms with Gasteiger partial charge in [0.25, 0.3) is 0 Å². The first-order chi connectivity index (χ1) is 4.74. The lowest BCUT2D eigenvalue weighted by molar-refractivity contribution is 1.50. The zero-order valence-electron chi connectivity index (χ0n) is 6.59. The van der Waals surface area contributed by atoms with Crippen LogP contribution in [0.1, 0.15) is 0 Å². The van der Waals surface area contributed by atoms with E-state index in [1.807, 2.05) is 0 Å². The maximum absolute atomic E-state index is 4.27. The van der Waals surface area contributed by atoms with Gasteiger partial charge in [-0.15, -0.1) is 0 Å². The molecule has 62 valence electrons. The van der Waals surface area contributed by atoms with E-state index in [0.717, 1.165) is 5.75 Å². The van der Waals surface area contributed by atoms with Gasteiger partial charge in [0.15, 0.2) is 0 Å². The molecule has 0 N–H and O–H groups in total. The summed E-state index contributed by atoms with van der Waals surface area (Å²) in [5.41, 5.74) is -1.04. The summed E-state index contributed by atoms with van der Waals surface area (Å²) >= 11 is 10.4. The van der Waals surface area contributed by atoms with Gasteiger partial charge in [-0.3, -0.25) is 0 Å². The monoisotopic (exact) mass is 230 g/mol. The molecule has 0 aromatic heterocycles. The minimum Gasteiger partial charge on any atom is -0.180 e. The van der Waals surface area contributed by atoms with Crippen LogP contribution in [0.15, 0.2) is 0 Å². The second-order valence-electron chi connectivity index (χ2n) is 1.77. The molecule has 0 rings (SSSR count). The fourth-order valence-corrected chi connectivity index (χ4v) is 13.2. The van der Waals surface area contributed by atoms with E-state index >= 15 is 0 Å². The minimum atomic E-state index is -1.04. The highest BCUT2D eigenvalue weighted by Crippen LogP contribution is 2.41. The molecule has 0 aromatic carbocycles. The molecule has 0 bridgehead atoms. The van der Waals surface area contributed by atoms with E-state index in [-0.39, 0.29) is 0 Å². The molecule has 10 heavy (non-hydrogen) atoms. The van der Waals surface area contributed by atoms with Gasteiger partial charge in [-0.25, -0.2) is 0 Å². The van der Waals surface area contributed by atoms with Crippen molar-refractivity contribution in [2.45, 2.75) is 6.04 Å². The third kappa shape index (κ3) is 3.34. The molecule has 0 heterocycles. The van der Waals surface area contributed by atoms with Gasteiger partial charge in [-0.05, 0) is 30.6 Å². The molecular weight excluding hydrogens is 216 g/mol. The first kappa shape index (κ1) is 11.6. The highest BCUT2D eigenvalue weighted by molar-refractivity contribution is 8.80. The van der Waals surface area contributed by atoms with Crippen molar-refractivity contribution in [3.8, 4) is 0 Å². The summed E-state index contributed by atoms with van der Waals surface area (Å²) in [7, 11) is 0. The van der Waals surface area contributed by atoms with Crippen LogP contribution in [-0.2, 0) is 0 Å². The van der Waals surface area contributed by atoms with Crippen molar-refractivity contribution >= 4 is 51.8 Å². The number of hydrogen-bond acceptors (Lipinski definition) is 4. The summed E-state index contributed by atoms with van der Waals surface area (Å²) in [5, 5.41) is 0. The van der Waals surface area contributed by atoms with Crippen molar-refractivity contribution in [3.63, 3.8) is 0 Å². The molecule has 0 saturated heterocycles. The average Bonchev–Trinajstić information content (AvgIpc) is 2.01. The van der Waals surface area contributed by atoms with Gasteiger partial charge in [0, 0.05) is 0 Å². The number of rotatable bonds is 5. The molecule has 5 heteroatoms. The lowest BCUT2D eigenvalue weighted by atomic mass is 11.0. The lowest BCUT2D eigenvalue weighted by Gasteiger charge is -2.23. The summed E-state index contributed by atoms with van der Waals surface area (Å²) in [6, 6.07) is 1.31. The van der Waals surface area contributed by atoms with Gasteiger partial charge in [0.2, 0.25) is 5.52 Å². The van der Waals surface area contributed by atoms with Crippen LogP contribution in [0.3, 0.4) is 0 Å². The van der Waals surface area contributed by atoms with Crippen LogP contribution in [0, 0.1) is 0 Å². The molecule has 0 aromatic rings. The Balaban J connectivity index is 3.87. The highest BCUT2D eigenvalue weighted by Gasteiger charge is 2.29. The second-order valence-corrected chi connectivity index (χ2v) is 17.6. The fraction of sp³-hybridized carbons (Fsp3) is 1.00. The Bertz CT molecular complexity index is 75.5. The normalized spacial score (nSPS) is 12.0. The average molecular weight is 231 g/mol. The Hall–Kier alpha value is 1.62. The molecule has 0 radical (unpaired) electrons. The molecule has 0 aliphatic rings. The van der Waals surface area contributed by atoms with E-state index in [1.54, 1.807) is 0 Å². The maximum Gasteiger partial charge on any atom is 0.237 e. The van der Waals surface area contributed by atoms with Gasteiger partial charge in [0.05, 0.1) is 0 Å². The van der Waals surface area contributed by atoms with E-state index in [4.69, 9.17) is 0 Å². The number of hydrogen-bond donors (Lipinski definition) is 1. The summed E-state index contributed by atoms with van der Waals surface area (Å²) in [6.45, 7) is 0. The second kappa shape index (κ2) is 6.17. The van der Waals surface area contributed by atoms with Gasteiger partial charge in [-0.2, -0.15) is 46.3 Å². The number of thiol groups is 1. The van der Waals surface area contributed by atoms with E-state index in [9.17, 15) is 0 Å². The molecular formula is C5H14S4Si. The molecule has 0 nitrogen and oxygen atoms in total. The summed E-state index contributed by atoms with van der Waals surface area (Å²) in [6.07, 6.45) is 6.67. The molecule has 0 atom stereocenters. The van der Waals surface area contributed by atoms with E-state index in [2.05, 4.69) is 65.0 Å². The standard InChI is InChI=1S/C5H14S4Si/c1-7-10(8-2,9-3)5-4-6/h6H,4-5H2,1-3H3. The van der Waals surface area contributed by atoms with Gasteiger partial charge < -0.3 is 0 Å². The van der Waals surface area contributed by atoms with Crippen molar-refractivity contribution in [1.82, 2.24) is 0 Å². The quantitative estimate of drug-likeness (QED) is 0.570. The van der Waals surface area contributed by atoms with Crippen molar-refractivity contribution in [2.24, 2.45) is 0 Å². The van der Waals surface area contributed by atoms with Crippen LogP contribution in [0.2, 0.25) is 6.04 Å². The van der Waals surface area contributed by atoms with Crippen LogP contribution in [-0.4, -0.2) is 30.0 Å². The summed E-state index contributed by atoms with van der Waals surface area (Å²) in [5.74, 6) is 1.04. The Morgan fingerprint density at radius 1 is 1.10 bits per heavy atom. The topological polar surface area (TPSA) is 0 Å². The van der Waals surface area contributed by atoms with Crippen LogP contribution in [0.25, 0.3) is 0 Å². The molecule has 0 aliphatic carbocycles. The minimum absolute atomic E-state index is 1.04. The zero-order valence-corrected chi connectivity index (χ0v) is 10.9.